The van der Waals surface area contributed by atoms with Crippen LogP contribution in [-0.2, 0) is 4.74 Å². The van der Waals surface area contributed by atoms with Crippen molar-refractivity contribution in [2.24, 2.45) is 0 Å². The molecule has 178 valence electrons. The quantitative estimate of drug-likeness (QED) is 0.581. The number of aliphatic hydroxyl groups excluding tert-OH is 1. The Labute approximate surface area is 189 Å². The van der Waals surface area contributed by atoms with Gasteiger partial charge in [-0.15, -0.1) is 0 Å². The lowest BCUT2D eigenvalue weighted by Gasteiger charge is -2.52. The molecule has 1 saturated heterocycles. The van der Waals surface area contributed by atoms with Crippen molar-refractivity contribution in [1.29, 1.82) is 0 Å². The number of rotatable bonds is 4. The first-order chi connectivity index (χ1) is 13.7. The summed E-state index contributed by atoms with van der Waals surface area (Å²) in [7, 11) is -4.74. The Bertz CT molecular complexity index is 886. The number of hydrogen-bond acceptors (Lipinski definition) is 6. The van der Waals surface area contributed by atoms with Crippen LogP contribution in [0.2, 0.25) is 36.3 Å². The van der Waals surface area contributed by atoms with E-state index in [1.54, 1.807) is 13.1 Å². The Kier molecular flexibility index (Phi) is 6.60. The van der Waals surface area contributed by atoms with E-state index in [1.165, 1.54) is 4.57 Å². The third-order valence-corrected chi connectivity index (χ3v) is 20.7. The summed E-state index contributed by atoms with van der Waals surface area (Å²) in [6.07, 6.45) is 0.402. The first kappa shape index (κ1) is 26.2. The van der Waals surface area contributed by atoms with Gasteiger partial charge in [-0.2, -0.15) is 4.98 Å². The molecule has 2 rings (SSSR count). The van der Waals surface area contributed by atoms with Gasteiger partial charge in [-0.3, -0.25) is 4.57 Å². The van der Waals surface area contributed by atoms with Crippen LogP contribution < -0.4 is 11.4 Å². The number of aromatic nitrogens is 2. The maximum atomic E-state index is 12.6. The predicted octanol–water partition coefficient (Wildman–Crippen LogP) is 3.61. The van der Waals surface area contributed by atoms with E-state index in [4.69, 9.17) is 10.5 Å². The van der Waals surface area contributed by atoms with Gasteiger partial charge in [-0.05, 0) is 17.0 Å². The van der Waals surface area contributed by atoms with Crippen molar-refractivity contribution < 1.29 is 14.9 Å². The lowest BCUT2D eigenvalue weighted by molar-refractivity contribution is -0.0763. The van der Waals surface area contributed by atoms with Crippen LogP contribution in [0.3, 0.4) is 0 Å². The van der Waals surface area contributed by atoms with Gasteiger partial charge in [-0.25, -0.2) is 4.79 Å². The van der Waals surface area contributed by atoms with Gasteiger partial charge in [0.15, 0.2) is 0 Å². The summed E-state index contributed by atoms with van der Waals surface area (Å²) >= 11 is 0. The summed E-state index contributed by atoms with van der Waals surface area (Å²) in [6.45, 7) is 23.2. The number of aliphatic hydroxyl groups is 2. The molecule has 1 fully saturated rings. The van der Waals surface area contributed by atoms with Crippen molar-refractivity contribution in [3.05, 3.63) is 22.2 Å². The van der Waals surface area contributed by atoms with Crippen LogP contribution in [0.4, 0.5) is 5.82 Å². The molecule has 0 bridgehead atoms. The molecular formula is C22H43N3O4Si2. The summed E-state index contributed by atoms with van der Waals surface area (Å²) < 4.78 is 7.83. The van der Waals surface area contributed by atoms with Crippen LogP contribution in [-0.4, -0.2) is 53.0 Å². The third-order valence-electron chi connectivity index (χ3n) is 8.66. The smallest absolute Gasteiger partial charge is 0.351 e. The molecular weight excluding hydrogens is 426 g/mol. The van der Waals surface area contributed by atoms with E-state index in [2.05, 4.69) is 72.7 Å². The van der Waals surface area contributed by atoms with Gasteiger partial charge >= 0.3 is 5.69 Å². The van der Waals surface area contributed by atoms with E-state index >= 15 is 0 Å². The van der Waals surface area contributed by atoms with Crippen LogP contribution in [0.5, 0.6) is 0 Å². The van der Waals surface area contributed by atoms with E-state index in [0.717, 1.165) is 0 Å². The molecule has 0 amide bonds. The molecule has 0 spiro atoms. The molecule has 1 aliphatic heterocycles. The lowest BCUT2D eigenvalue weighted by atomic mass is 10.1. The van der Waals surface area contributed by atoms with Crippen LogP contribution in [0, 0.1) is 6.92 Å². The Hall–Kier alpha value is -1.01. The number of nitrogens with zero attached hydrogens (tertiary/aromatic N) is 2. The van der Waals surface area contributed by atoms with Crippen LogP contribution >= 0.6 is 0 Å². The zero-order chi connectivity index (χ0) is 24.4. The van der Waals surface area contributed by atoms with Gasteiger partial charge in [0, 0.05) is 18.2 Å². The highest BCUT2D eigenvalue weighted by atomic mass is 28.3. The van der Waals surface area contributed by atoms with Gasteiger partial charge in [0.25, 0.3) is 0 Å². The molecule has 1 aliphatic rings. The fourth-order valence-electron chi connectivity index (χ4n) is 4.08. The molecule has 4 N–H and O–H groups in total. The number of aryl methyl sites for hydroxylation is 1. The molecule has 0 aliphatic carbocycles. The van der Waals surface area contributed by atoms with E-state index in [9.17, 15) is 15.0 Å². The molecule has 4 atom stereocenters. The second-order valence-corrected chi connectivity index (χ2v) is 23.6. The number of nitrogen functional groups attached to an aromatic ring is 1. The van der Waals surface area contributed by atoms with Crippen molar-refractivity contribution in [3.8, 4) is 0 Å². The fourth-order valence-corrected chi connectivity index (χ4v) is 9.17. The first-order valence-electron chi connectivity index (χ1n) is 11.1. The monoisotopic (exact) mass is 469 g/mol. The SMILES string of the molecule is Cc1cn([C@H]2C[C@@](O)([Si](C)(C)C(C)(C)C)[C@@H](C(O)[Si](C)(C)C(C)(C)C)O2)c(=O)nc1N. The highest BCUT2D eigenvalue weighted by molar-refractivity contribution is 6.84. The summed E-state index contributed by atoms with van der Waals surface area (Å²) in [5, 5.41) is 22.5. The van der Waals surface area contributed by atoms with Gasteiger partial charge in [0.1, 0.15) is 18.1 Å². The maximum Gasteiger partial charge on any atom is 0.351 e. The lowest BCUT2D eigenvalue weighted by Crippen LogP contribution is -2.69. The minimum Gasteiger partial charge on any atom is -0.394 e. The van der Waals surface area contributed by atoms with Crippen molar-refractivity contribution in [2.45, 2.75) is 114 Å². The second kappa shape index (κ2) is 7.79. The topological polar surface area (TPSA) is 111 Å². The highest BCUT2D eigenvalue weighted by Crippen LogP contribution is 2.54. The molecule has 1 aromatic rings. The molecule has 0 saturated carbocycles. The summed E-state index contributed by atoms with van der Waals surface area (Å²) in [5.74, 6) is 0.191. The largest absolute Gasteiger partial charge is 0.394 e. The Morgan fingerprint density at radius 1 is 1.19 bits per heavy atom. The third kappa shape index (κ3) is 4.19. The van der Waals surface area contributed by atoms with Crippen molar-refractivity contribution in [3.63, 3.8) is 0 Å². The zero-order valence-electron chi connectivity index (χ0n) is 21.2. The van der Waals surface area contributed by atoms with Gasteiger partial charge < -0.3 is 20.7 Å². The average molecular weight is 470 g/mol. The molecule has 2 heterocycles. The van der Waals surface area contributed by atoms with E-state index in [1.807, 2.05) is 0 Å². The van der Waals surface area contributed by atoms with Crippen LogP contribution in [0.1, 0.15) is 59.8 Å². The molecule has 1 unspecified atom stereocenters. The highest BCUT2D eigenvalue weighted by Gasteiger charge is 2.65. The molecule has 0 aromatic carbocycles. The van der Waals surface area contributed by atoms with Crippen molar-refractivity contribution in [1.82, 2.24) is 9.55 Å². The Morgan fingerprint density at radius 2 is 1.71 bits per heavy atom. The fraction of sp³-hybridized carbons (Fsp3) is 0.818. The summed E-state index contributed by atoms with van der Waals surface area (Å²) in [6, 6.07) is 0. The van der Waals surface area contributed by atoms with Gasteiger partial charge in [-0.1, -0.05) is 67.7 Å². The molecule has 7 nitrogen and oxygen atoms in total. The molecule has 0 radical (unpaired) electrons. The van der Waals surface area contributed by atoms with Crippen molar-refractivity contribution in [2.75, 3.05) is 5.73 Å². The predicted molar refractivity (Wildman–Crippen MR) is 132 cm³/mol. The average Bonchev–Trinajstić information content (AvgIpc) is 2.94. The zero-order valence-corrected chi connectivity index (χ0v) is 23.2. The van der Waals surface area contributed by atoms with Crippen molar-refractivity contribution >= 4 is 22.0 Å². The molecule has 9 heteroatoms. The van der Waals surface area contributed by atoms with Gasteiger partial charge in [0.2, 0.25) is 0 Å². The number of hydrogen-bond donors (Lipinski definition) is 3. The van der Waals surface area contributed by atoms with Crippen LogP contribution in [0.15, 0.2) is 11.0 Å². The Morgan fingerprint density at radius 3 is 2.16 bits per heavy atom. The second-order valence-electron chi connectivity index (χ2n) is 12.4. The summed E-state index contributed by atoms with van der Waals surface area (Å²) in [5.41, 5.74) is 5.18. The number of anilines is 1. The van der Waals surface area contributed by atoms with Crippen LogP contribution in [0.25, 0.3) is 0 Å². The van der Waals surface area contributed by atoms with E-state index < -0.39 is 45.1 Å². The molecule has 1 aromatic heterocycles. The molecule has 31 heavy (non-hydrogen) atoms. The minimum absolute atomic E-state index is 0.0988. The number of nitrogens with two attached hydrogens (primary N) is 1. The normalized spacial score (nSPS) is 26.9. The number of ether oxygens (including phenoxy) is 1. The standard InChI is InChI=1S/C22H43N3O4Si2/c1-14-13-25(19(27)24-17(14)23)15-12-22(28,31(10,11)21(5,6)7)16(29-15)18(26)30(8,9)20(2,3)4/h13,15-16,18,26,28H,12H2,1-11H3,(H2,23,24,27)/t15-,16-,18?,22-/m1/s1. The first-order valence-corrected chi connectivity index (χ1v) is 17.2. The maximum absolute atomic E-state index is 12.6. The minimum atomic E-state index is -2.44. The Balaban J connectivity index is 2.66. The summed E-state index contributed by atoms with van der Waals surface area (Å²) in [4.78, 5) is 16.6. The van der Waals surface area contributed by atoms with E-state index in [-0.39, 0.29) is 22.3 Å². The van der Waals surface area contributed by atoms with Gasteiger partial charge in [0.05, 0.1) is 27.1 Å². The van der Waals surface area contributed by atoms with E-state index in [0.29, 0.717) is 5.56 Å².